The summed E-state index contributed by atoms with van der Waals surface area (Å²) in [5.41, 5.74) is 1.05. The van der Waals surface area contributed by atoms with Gasteiger partial charge >= 0.3 is 0 Å². The maximum Gasteiger partial charge on any atom is 0.266 e. The third-order valence-electron chi connectivity index (χ3n) is 2.85. The molecule has 0 fully saturated rings. The van der Waals surface area contributed by atoms with Crippen LogP contribution >= 0.6 is 0 Å². The zero-order chi connectivity index (χ0) is 14.4. The molecule has 0 saturated carbocycles. The third kappa shape index (κ3) is 3.82. The quantitative estimate of drug-likeness (QED) is 0.907. The number of nitrogens with one attached hydrogen (secondary N) is 1. The van der Waals surface area contributed by atoms with Crippen LogP contribution in [0.1, 0.15) is 18.9 Å². The van der Waals surface area contributed by atoms with Gasteiger partial charge in [0, 0.05) is 6.20 Å². The molecule has 4 heteroatoms. The number of nitrogens with zero attached hydrogens (tertiary/aromatic N) is 1. The molecule has 2 rings (SSSR count). The second-order valence-electron chi connectivity index (χ2n) is 4.54. The number of para-hydroxylation sites is 1. The van der Waals surface area contributed by atoms with Crippen molar-refractivity contribution in [2.24, 2.45) is 0 Å². The molecule has 0 radical (unpaired) electrons. The number of aryl methyl sites for hydroxylation is 1. The fourth-order valence-electron chi connectivity index (χ4n) is 1.80. The maximum atomic E-state index is 12.2. The van der Waals surface area contributed by atoms with Crippen molar-refractivity contribution in [3.8, 4) is 5.75 Å². The highest BCUT2D eigenvalue weighted by Crippen LogP contribution is 2.14. The molecule has 104 valence electrons. The predicted molar refractivity (Wildman–Crippen MR) is 78.8 cm³/mol. The molecule has 1 heterocycles. The van der Waals surface area contributed by atoms with Crippen molar-refractivity contribution in [2.75, 3.05) is 5.32 Å². The summed E-state index contributed by atoms with van der Waals surface area (Å²) in [7, 11) is 0. The summed E-state index contributed by atoms with van der Waals surface area (Å²) in [6, 6.07) is 13.0. The largest absolute Gasteiger partial charge is 0.481 e. The SMILES string of the molecule is CC[C@H](Oc1ccccc1)C(=O)Nc1cc(C)ccn1. The molecule has 1 amide bonds. The van der Waals surface area contributed by atoms with E-state index in [9.17, 15) is 4.79 Å². The molecule has 0 spiro atoms. The van der Waals surface area contributed by atoms with Gasteiger partial charge in [0.25, 0.3) is 5.91 Å². The van der Waals surface area contributed by atoms with Gasteiger partial charge in [0.05, 0.1) is 0 Å². The van der Waals surface area contributed by atoms with Gasteiger partial charge in [0.1, 0.15) is 11.6 Å². The van der Waals surface area contributed by atoms with E-state index in [1.807, 2.05) is 56.3 Å². The monoisotopic (exact) mass is 270 g/mol. The molecule has 0 aliphatic rings. The Morgan fingerprint density at radius 3 is 2.70 bits per heavy atom. The van der Waals surface area contributed by atoms with Crippen LogP contribution in [-0.4, -0.2) is 17.0 Å². The lowest BCUT2D eigenvalue weighted by atomic mass is 10.2. The molecule has 4 nitrogen and oxygen atoms in total. The van der Waals surface area contributed by atoms with Crippen molar-refractivity contribution in [3.05, 3.63) is 54.2 Å². The number of hydrogen-bond acceptors (Lipinski definition) is 3. The number of amides is 1. The van der Waals surface area contributed by atoms with Gasteiger partial charge in [-0.15, -0.1) is 0 Å². The Kier molecular flexibility index (Phi) is 4.71. The number of rotatable bonds is 5. The van der Waals surface area contributed by atoms with Gasteiger partial charge in [0.15, 0.2) is 6.10 Å². The average molecular weight is 270 g/mol. The molecule has 20 heavy (non-hydrogen) atoms. The van der Waals surface area contributed by atoms with Crippen molar-refractivity contribution < 1.29 is 9.53 Å². The number of carbonyl (C=O) groups excluding carboxylic acids is 1. The molecule has 0 bridgehead atoms. The van der Waals surface area contributed by atoms with Gasteiger partial charge in [-0.1, -0.05) is 25.1 Å². The second-order valence-corrected chi connectivity index (χ2v) is 4.54. The minimum Gasteiger partial charge on any atom is -0.481 e. The van der Waals surface area contributed by atoms with Crippen molar-refractivity contribution in [2.45, 2.75) is 26.4 Å². The Morgan fingerprint density at radius 2 is 2.05 bits per heavy atom. The molecular weight excluding hydrogens is 252 g/mol. The number of carbonyl (C=O) groups is 1. The predicted octanol–water partition coefficient (Wildman–Crippen LogP) is 3.19. The van der Waals surface area contributed by atoms with Crippen LogP contribution in [0.25, 0.3) is 0 Å². The van der Waals surface area contributed by atoms with E-state index in [0.29, 0.717) is 18.0 Å². The van der Waals surface area contributed by atoms with Crippen LogP contribution in [0.3, 0.4) is 0 Å². The number of aromatic nitrogens is 1. The van der Waals surface area contributed by atoms with Gasteiger partial charge in [-0.3, -0.25) is 4.79 Å². The van der Waals surface area contributed by atoms with Crippen molar-refractivity contribution in [1.82, 2.24) is 4.98 Å². The Balaban J connectivity index is 2.02. The highest BCUT2D eigenvalue weighted by Gasteiger charge is 2.18. The van der Waals surface area contributed by atoms with Gasteiger partial charge in [-0.25, -0.2) is 4.98 Å². The molecule has 0 unspecified atom stereocenters. The third-order valence-corrected chi connectivity index (χ3v) is 2.85. The second kappa shape index (κ2) is 6.70. The summed E-state index contributed by atoms with van der Waals surface area (Å²) < 4.78 is 5.69. The summed E-state index contributed by atoms with van der Waals surface area (Å²) >= 11 is 0. The highest BCUT2D eigenvalue weighted by molar-refractivity contribution is 5.93. The van der Waals surface area contributed by atoms with Crippen LogP contribution < -0.4 is 10.1 Å². The standard InChI is InChI=1S/C16H18N2O2/c1-3-14(20-13-7-5-4-6-8-13)16(19)18-15-11-12(2)9-10-17-15/h4-11,14H,3H2,1-2H3,(H,17,18,19)/t14-/m0/s1. The maximum absolute atomic E-state index is 12.2. The zero-order valence-corrected chi connectivity index (χ0v) is 11.7. The van der Waals surface area contributed by atoms with E-state index in [0.717, 1.165) is 5.56 Å². The van der Waals surface area contributed by atoms with Crippen LogP contribution in [0.2, 0.25) is 0 Å². The first-order valence-corrected chi connectivity index (χ1v) is 6.64. The van der Waals surface area contributed by atoms with Crippen molar-refractivity contribution in [1.29, 1.82) is 0 Å². The Bertz CT molecular complexity index is 570. The summed E-state index contributed by atoms with van der Waals surface area (Å²) in [6.45, 7) is 3.87. The number of anilines is 1. The summed E-state index contributed by atoms with van der Waals surface area (Å²) in [5, 5.41) is 2.78. The lowest BCUT2D eigenvalue weighted by Crippen LogP contribution is -2.32. The lowest BCUT2D eigenvalue weighted by molar-refractivity contribution is -0.122. The fourth-order valence-corrected chi connectivity index (χ4v) is 1.80. The Hall–Kier alpha value is -2.36. The molecule has 2 aromatic rings. The minimum absolute atomic E-state index is 0.186. The highest BCUT2D eigenvalue weighted by atomic mass is 16.5. The number of hydrogen-bond donors (Lipinski definition) is 1. The van der Waals surface area contributed by atoms with Crippen molar-refractivity contribution >= 4 is 11.7 Å². The van der Waals surface area contributed by atoms with Gasteiger partial charge in [-0.05, 0) is 43.2 Å². The van der Waals surface area contributed by atoms with E-state index in [-0.39, 0.29) is 5.91 Å². The van der Waals surface area contributed by atoms with E-state index >= 15 is 0 Å². The Morgan fingerprint density at radius 1 is 1.30 bits per heavy atom. The molecule has 1 aromatic carbocycles. The number of benzene rings is 1. The van der Waals surface area contributed by atoms with E-state index in [2.05, 4.69) is 10.3 Å². The zero-order valence-electron chi connectivity index (χ0n) is 11.7. The van der Waals surface area contributed by atoms with Crippen LogP contribution in [0.15, 0.2) is 48.7 Å². The van der Waals surface area contributed by atoms with E-state index in [1.54, 1.807) is 6.20 Å². The normalized spacial score (nSPS) is 11.7. The first-order chi connectivity index (χ1) is 9.69. The van der Waals surface area contributed by atoms with Crippen LogP contribution in [0.4, 0.5) is 5.82 Å². The fraction of sp³-hybridized carbons (Fsp3) is 0.250. The average Bonchev–Trinajstić information content (AvgIpc) is 2.45. The first-order valence-electron chi connectivity index (χ1n) is 6.64. The number of pyridine rings is 1. The van der Waals surface area contributed by atoms with Gasteiger partial charge in [0.2, 0.25) is 0 Å². The Labute approximate surface area is 118 Å². The van der Waals surface area contributed by atoms with Crippen LogP contribution in [-0.2, 0) is 4.79 Å². The molecule has 1 N–H and O–H groups in total. The molecule has 0 aliphatic carbocycles. The lowest BCUT2D eigenvalue weighted by Gasteiger charge is -2.17. The van der Waals surface area contributed by atoms with Gasteiger partial charge in [-0.2, -0.15) is 0 Å². The van der Waals surface area contributed by atoms with Crippen LogP contribution in [0, 0.1) is 6.92 Å². The minimum atomic E-state index is -0.528. The molecule has 0 saturated heterocycles. The molecule has 1 atom stereocenters. The first kappa shape index (κ1) is 14.1. The van der Waals surface area contributed by atoms with E-state index in [4.69, 9.17) is 4.74 Å². The topological polar surface area (TPSA) is 51.2 Å². The van der Waals surface area contributed by atoms with E-state index in [1.165, 1.54) is 0 Å². The molecular formula is C16H18N2O2. The van der Waals surface area contributed by atoms with E-state index < -0.39 is 6.10 Å². The molecule has 1 aromatic heterocycles. The summed E-state index contributed by atoms with van der Waals surface area (Å²) in [5.74, 6) is 1.05. The van der Waals surface area contributed by atoms with Crippen molar-refractivity contribution in [3.63, 3.8) is 0 Å². The number of ether oxygens (including phenoxy) is 1. The van der Waals surface area contributed by atoms with Gasteiger partial charge < -0.3 is 10.1 Å². The molecule has 0 aliphatic heterocycles. The summed E-state index contributed by atoms with van der Waals surface area (Å²) in [4.78, 5) is 16.3. The van der Waals surface area contributed by atoms with Crippen LogP contribution in [0.5, 0.6) is 5.75 Å². The smallest absolute Gasteiger partial charge is 0.266 e. The summed E-state index contributed by atoms with van der Waals surface area (Å²) in [6.07, 6.45) is 1.73.